The smallest absolute Gasteiger partial charge is 0.263 e. The van der Waals surface area contributed by atoms with Crippen LogP contribution in [-0.4, -0.2) is 38.3 Å². The van der Waals surface area contributed by atoms with Gasteiger partial charge in [-0.25, -0.2) is 0 Å². The third kappa shape index (κ3) is 3.80. The van der Waals surface area contributed by atoms with Gasteiger partial charge in [0.15, 0.2) is 0 Å². The molecule has 4 heterocycles. The Morgan fingerprint density at radius 2 is 1.18 bits per heavy atom. The summed E-state index contributed by atoms with van der Waals surface area (Å²) in [4.78, 5) is 36.3. The van der Waals surface area contributed by atoms with Crippen LogP contribution in [0.2, 0.25) is 0 Å². The number of nitrogens with zero attached hydrogens (tertiary/aromatic N) is 4. The second-order valence-electron chi connectivity index (χ2n) is 9.10. The van der Waals surface area contributed by atoms with E-state index in [9.17, 15) is 9.59 Å². The maximum atomic E-state index is 13.2. The molecule has 3 aromatic heterocycles. The zero-order valence-corrected chi connectivity index (χ0v) is 21.9. The van der Waals surface area contributed by atoms with Gasteiger partial charge in [-0.05, 0) is 48.5 Å². The number of amides is 2. The molecule has 0 aliphatic carbocycles. The molecular weight excluding hydrogens is 484 g/mol. The summed E-state index contributed by atoms with van der Waals surface area (Å²) in [6.45, 7) is 4.00. The molecule has 190 valence electrons. The first-order valence-corrected chi connectivity index (χ1v) is 13.0. The fraction of sp³-hybridized carbons (Fsp3) is 0.0909. The topological polar surface area (TPSA) is 68.1 Å². The number of hydrogen-bond donors (Lipinski definition) is 0. The van der Waals surface area contributed by atoms with Crippen LogP contribution in [0, 0.1) is 0 Å². The Balaban J connectivity index is 0.00000135. The molecule has 1 aliphatic rings. The first kappa shape index (κ1) is 24.2. The van der Waals surface area contributed by atoms with Gasteiger partial charge in [-0.3, -0.25) is 24.5 Å². The normalized spacial score (nSPS) is 12.5. The minimum atomic E-state index is -0.299. The quantitative estimate of drug-likeness (QED) is 0.237. The monoisotopic (exact) mass is 510 g/mol. The summed E-state index contributed by atoms with van der Waals surface area (Å²) < 4.78 is 2.09. The Morgan fingerprint density at radius 3 is 1.69 bits per heavy atom. The van der Waals surface area contributed by atoms with Gasteiger partial charge in [-0.1, -0.05) is 56.3 Å². The van der Waals surface area contributed by atoms with Crippen molar-refractivity contribution in [1.29, 1.82) is 0 Å². The summed E-state index contributed by atoms with van der Waals surface area (Å²) in [5.41, 5.74) is 7.03. The zero-order chi connectivity index (χ0) is 27.1. The molecule has 0 bridgehead atoms. The summed E-state index contributed by atoms with van der Waals surface area (Å²) >= 11 is 0. The molecule has 0 saturated carbocycles. The molecule has 6 nitrogen and oxygen atoms in total. The molecule has 2 amide bonds. The lowest BCUT2D eigenvalue weighted by atomic mass is 10.1. The molecule has 6 aromatic rings. The Morgan fingerprint density at radius 1 is 0.615 bits per heavy atom. The maximum Gasteiger partial charge on any atom is 0.263 e. The number of pyridine rings is 2. The molecule has 0 saturated heterocycles. The van der Waals surface area contributed by atoms with Crippen LogP contribution in [0.3, 0.4) is 0 Å². The highest BCUT2D eigenvalue weighted by molar-refractivity contribution is 6.23. The molecule has 7 rings (SSSR count). The van der Waals surface area contributed by atoms with Gasteiger partial charge in [0.05, 0.1) is 39.2 Å². The molecule has 0 N–H and O–H groups in total. The maximum absolute atomic E-state index is 13.2. The number of aromatic nitrogens is 3. The van der Waals surface area contributed by atoms with Crippen LogP contribution in [-0.2, 0) is 0 Å². The predicted molar refractivity (Wildman–Crippen MR) is 155 cm³/mol. The van der Waals surface area contributed by atoms with E-state index in [0.717, 1.165) is 44.3 Å². The second-order valence-corrected chi connectivity index (χ2v) is 9.10. The Labute approximate surface area is 226 Å². The molecule has 0 unspecified atom stereocenters. The molecule has 0 atom stereocenters. The van der Waals surface area contributed by atoms with Gasteiger partial charge < -0.3 is 4.57 Å². The van der Waals surface area contributed by atoms with Crippen molar-refractivity contribution in [2.45, 2.75) is 13.8 Å². The van der Waals surface area contributed by atoms with Crippen LogP contribution in [0.1, 0.15) is 34.6 Å². The third-order valence-corrected chi connectivity index (χ3v) is 7.03. The standard InChI is InChI=1S/C31H20N4O2.C2H6/c1-34-30(36)23-7-6-10-26(29(23)31(34)37)35-27-17-19(24-8-2-4-15-32-24)11-13-21(27)22-14-12-20(18-28(22)35)25-9-3-5-16-33-25;1-2/h2-18H,1H3;1-2H3. The first-order chi connectivity index (χ1) is 19.1. The number of hydrogen-bond acceptors (Lipinski definition) is 4. The minimum absolute atomic E-state index is 0.286. The van der Waals surface area contributed by atoms with Crippen molar-refractivity contribution in [1.82, 2.24) is 19.4 Å². The van der Waals surface area contributed by atoms with Crippen molar-refractivity contribution in [3.63, 3.8) is 0 Å². The number of carbonyl (C=O) groups is 2. The highest BCUT2D eigenvalue weighted by Gasteiger charge is 2.35. The highest BCUT2D eigenvalue weighted by Crippen LogP contribution is 2.38. The Bertz CT molecular complexity index is 1780. The van der Waals surface area contributed by atoms with E-state index < -0.39 is 0 Å². The minimum Gasteiger partial charge on any atom is -0.308 e. The van der Waals surface area contributed by atoms with Crippen molar-refractivity contribution >= 4 is 33.6 Å². The van der Waals surface area contributed by atoms with E-state index in [2.05, 4.69) is 50.9 Å². The van der Waals surface area contributed by atoms with Crippen LogP contribution in [0.15, 0.2) is 103 Å². The van der Waals surface area contributed by atoms with E-state index >= 15 is 0 Å². The molecular formula is C33H26N4O2. The van der Waals surface area contributed by atoms with E-state index in [-0.39, 0.29) is 11.8 Å². The molecule has 1 aliphatic heterocycles. The van der Waals surface area contributed by atoms with Gasteiger partial charge in [0, 0.05) is 41.3 Å². The molecule has 6 heteroatoms. The lowest BCUT2D eigenvalue weighted by Gasteiger charge is -2.13. The fourth-order valence-corrected chi connectivity index (χ4v) is 5.23. The van der Waals surface area contributed by atoms with Crippen LogP contribution in [0.25, 0.3) is 50.0 Å². The van der Waals surface area contributed by atoms with Gasteiger partial charge in [0.1, 0.15) is 0 Å². The Kier molecular flexibility index (Phi) is 6.00. The van der Waals surface area contributed by atoms with Crippen LogP contribution in [0.4, 0.5) is 0 Å². The number of rotatable bonds is 3. The molecule has 0 fully saturated rings. The average Bonchev–Trinajstić information content (AvgIpc) is 3.45. The van der Waals surface area contributed by atoms with Gasteiger partial charge >= 0.3 is 0 Å². The molecule has 0 radical (unpaired) electrons. The van der Waals surface area contributed by atoms with Crippen LogP contribution < -0.4 is 0 Å². The van der Waals surface area contributed by atoms with Crippen LogP contribution >= 0.6 is 0 Å². The fourth-order valence-electron chi connectivity index (χ4n) is 5.23. The number of carbonyl (C=O) groups excluding carboxylic acids is 2. The summed E-state index contributed by atoms with van der Waals surface area (Å²) in [6.07, 6.45) is 3.55. The SMILES string of the molecule is CC.CN1C(=O)c2cccc(-n3c4cc(-c5ccccn5)ccc4c4ccc(-c5ccccn5)cc43)c2C1=O. The zero-order valence-electron chi connectivity index (χ0n) is 21.9. The second kappa shape index (κ2) is 9.65. The van der Waals surface area contributed by atoms with Gasteiger partial charge in [-0.2, -0.15) is 0 Å². The predicted octanol–water partition coefficient (Wildman–Crippen LogP) is 7.16. The molecule has 3 aromatic carbocycles. The summed E-state index contributed by atoms with van der Waals surface area (Å²) in [7, 11) is 1.53. The molecule has 0 spiro atoms. The van der Waals surface area contributed by atoms with E-state index in [4.69, 9.17) is 0 Å². The summed E-state index contributed by atoms with van der Waals surface area (Å²) in [5, 5.41) is 2.09. The summed E-state index contributed by atoms with van der Waals surface area (Å²) in [5.74, 6) is -0.585. The van der Waals surface area contributed by atoms with Crippen molar-refractivity contribution in [3.8, 4) is 28.2 Å². The van der Waals surface area contributed by atoms with E-state index in [1.165, 1.54) is 11.9 Å². The number of benzene rings is 3. The van der Waals surface area contributed by atoms with E-state index in [1.807, 2.05) is 62.4 Å². The largest absolute Gasteiger partial charge is 0.308 e. The third-order valence-electron chi connectivity index (χ3n) is 7.03. The summed E-state index contributed by atoms with van der Waals surface area (Å²) in [6, 6.07) is 29.7. The van der Waals surface area contributed by atoms with Crippen LogP contribution in [0.5, 0.6) is 0 Å². The lowest BCUT2D eigenvalue weighted by Crippen LogP contribution is -2.24. The van der Waals surface area contributed by atoms with Crippen molar-refractivity contribution in [2.75, 3.05) is 7.05 Å². The van der Waals surface area contributed by atoms with E-state index in [0.29, 0.717) is 16.8 Å². The van der Waals surface area contributed by atoms with Gasteiger partial charge in [0.25, 0.3) is 11.8 Å². The first-order valence-electron chi connectivity index (χ1n) is 13.0. The number of fused-ring (bicyclic) bond motifs is 4. The van der Waals surface area contributed by atoms with Gasteiger partial charge in [-0.15, -0.1) is 0 Å². The number of imide groups is 1. The average molecular weight is 511 g/mol. The lowest BCUT2D eigenvalue weighted by molar-refractivity contribution is 0.0693. The van der Waals surface area contributed by atoms with Crippen molar-refractivity contribution < 1.29 is 9.59 Å². The van der Waals surface area contributed by atoms with E-state index in [1.54, 1.807) is 18.5 Å². The van der Waals surface area contributed by atoms with Gasteiger partial charge in [0.2, 0.25) is 0 Å². The van der Waals surface area contributed by atoms with Crippen molar-refractivity contribution in [2.24, 2.45) is 0 Å². The highest BCUT2D eigenvalue weighted by atomic mass is 16.2. The van der Waals surface area contributed by atoms with Crippen molar-refractivity contribution in [3.05, 3.63) is 115 Å². The molecule has 39 heavy (non-hydrogen) atoms. The Hall–Kier alpha value is -5.10.